The molecular formula is C14H17NO2. The van der Waals surface area contributed by atoms with E-state index < -0.39 is 0 Å². The molecule has 17 heavy (non-hydrogen) atoms. The standard InChI is InChI=1S/C14H17NO2/c1-17-13-8-7-11(15)9-12(13)14(16)10-5-3-2-4-6-10/h5,7-9H,2-4,6,15H2,1H3. The molecule has 0 saturated heterocycles. The third-order valence-electron chi connectivity index (χ3n) is 3.05. The first-order valence-electron chi connectivity index (χ1n) is 5.89. The van der Waals surface area contributed by atoms with Gasteiger partial charge in [0.25, 0.3) is 0 Å². The van der Waals surface area contributed by atoms with E-state index >= 15 is 0 Å². The largest absolute Gasteiger partial charge is 0.496 e. The maximum Gasteiger partial charge on any atom is 0.192 e. The molecule has 0 radical (unpaired) electrons. The summed E-state index contributed by atoms with van der Waals surface area (Å²) in [7, 11) is 1.57. The molecule has 0 aliphatic heterocycles. The monoisotopic (exact) mass is 231 g/mol. The Morgan fingerprint density at radius 1 is 1.35 bits per heavy atom. The highest BCUT2D eigenvalue weighted by atomic mass is 16.5. The fourth-order valence-electron chi connectivity index (χ4n) is 2.12. The maximum atomic E-state index is 12.3. The van der Waals surface area contributed by atoms with E-state index in [9.17, 15) is 4.79 Å². The molecule has 0 heterocycles. The number of methoxy groups -OCH3 is 1. The van der Waals surface area contributed by atoms with E-state index in [0.29, 0.717) is 17.0 Å². The summed E-state index contributed by atoms with van der Waals surface area (Å²) in [4.78, 5) is 12.3. The van der Waals surface area contributed by atoms with E-state index in [-0.39, 0.29) is 5.78 Å². The fraction of sp³-hybridized carbons (Fsp3) is 0.357. The first kappa shape index (κ1) is 11.7. The number of allylic oxidation sites excluding steroid dienone is 2. The molecule has 0 aromatic heterocycles. The molecule has 1 aromatic rings. The van der Waals surface area contributed by atoms with Gasteiger partial charge in [0.05, 0.1) is 12.7 Å². The molecule has 0 spiro atoms. The van der Waals surface area contributed by atoms with Crippen LogP contribution < -0.4 is 10.5 Å². The lowest BCUT2D eigenvalue weighted by Crippen LogP contribution is -2.08. The Labute approximate surface area is 101 Å². The SMILES string of the molecule is COc1ccc(N)cc1C(=O)C1=CCCCC1. The first-order valence-corrected chi connectivity index (χ1v) is 5.89. The molecule has 1 aliphatic rings. The zero-order valence-electron chi connectivity index (χ0n) is 10.0. The van der Waals surface area contributed by atoms with Crippen LogP contribution in [0.25, 0.3) is 0 Å². The van der Waals surface area contributed by atoms with Gasteiger partial charge in [0.15, 0.2) is 5.78 Å². The van der Waals surface area contributed by atoms with Gasteiger partial charge >= 0.3 is 0 Å². The van der Waals surface area contributed by atoms with E-state index in [1.54, 1.807) is 25.3 Å². The Bertz CT molecular complexity index is 463. The highest BCUT2D eigenvalue weighted by molar-refractivity contribution is 6.11. The van der Waals surface area contributed by atoms with Gasteiger partial charge < -0.3 is 10.5 Å². The molecule has 2 N–H and O–H groups in total. The van der Waals surface area contributed by atoms with Crippen molar-refractivity contribution >= 4 is 11.5 Å². The van der Waals surface area contributed by atoms with Crippen molar-refractivity contribution in [2.24, 2.45) is 0 Å². The molecule has 0 amide bonds. The quantitative estimate of drug-likeness (QED) is 0.642. The van der Waals surface area contributed by atoms with Crippen molar-refractivity contribution in [1.29, 1.82) is 0 Å². The minimum absolute atomic E-state index is 0.0499. The number of hydrogen-bond donors (Lipinski definition) is 1. The Kier molecular flexibility index (Phi) is 3.47. The lowest BCUT2D eigenvalue weighted by Gasteiger charge is -2.14. The Morgan fingerprint density at radius 2 is 2.18 bits per heavy atom. The molecule has 2 rings (SSSR count). The summed E-state index contributed by atoms with van der Waals surface area (Å²) < 4.78 is 5.21. The van der Waals surface area contributed by atoms with E-state index in [0.717, 1.165) is 24.8 Å². The molecule has 3 nitrogen and oxygen atoms in total. The van der Waals surface area contributed by atoms with Crippen molar-refractivity contribution in [1.82, 2.24) is 0 Å². The molecule has 3 heteroatoms. The van der Waals surface area contributed by atoms with Gasteiger partial charge in [-0.3, -0.25) is 4.79 Å². The maximum absolute atomic E-state index is 12.3. The summed E-state index contributed by atoms with van der Waals surface area (Å²) >= 11 is 0. The summed E-state index contributed by atoms with van der Waals surface area (Å²) in [5.74, 6) is 0.643. The average molecular weight is 231 g/mol. The molecule has 0 bridgehead atoms. The number of carbonyl (C=O) groups excluding carboxylic acids is 1. The molecule has 0 atom stereocenters. The smallest absolute Gasteiger partial charge is 0.192 e. The number of benzene rings is 1. The van der Waals surface area contributed by atoms with Gasteiger partial charge in [0.1, 0.15) is 5.75 Å². The second-order valence-electron chi connectivity index (χ2n) is 4.26. The highest BCUT2D eigenvalue weighted by Gasteiger charge is 2.18. The number of ether oxygens (including phenoxy) is 1. The van der Waals surface area contributed by atoms with Crippen LogP contribution in [0, 0.1) is 0 Å². The molecule has 1 aliphatic carbocycles. The fourth-order valence-corrected chi connectivity index (χ4v) is 2.12. The van der Waals surface area contributed by atoms with Gasteiger partial charge in [-0.05, 0) is 49.5 Å². The summed E-state index contributed by atoms with van der Waals surface area (Å²) in [6, 6.07) is 5.17. The van der Waals surface area contributed by atoms with Crippen molar-refractivity contribution in [2.45, 2.75) is 25.7 Å². The van der Waals surface area contributed by atoms with Crippen LogP contribution in [0.3, 0.4) is 0 Å². The second kappa shape index (κ2) is 5.04. The third kappa shape index (κ3) is 2.49. The summed E-state index contributed by atoms with van der Waals surface area (Å²) in [6.45, 7) is 0. The van der Waals surface area contributed by atoms with Crippen LogP contribution in [0.2, 0.25) is 0 Å². The van der Waals surface area contributed by atoms with Gasteiger partial charge in [-0.2, -0.15) is 0 Å². The Balaban J connectivity index is 2.35. The summed E-state index contributed by atoms with van der Waals surface area (Å²) in [5.41, 5.74) is 7.77. The zero-order valence-corrected chi connectivity index (χ0v) is 10.0. The second-order valence-corrected chi connectivity index (χ2v) is 4.26. The number of Topliss-reactive ketones (excluding diaryl/α,β-unsaturated/α-hetero) is 1. The lowest BCUT2D eigenvalue weighted by atomic mass is 9.92. The predicted molar refractivity (Wildman–Crippen MR) is 68.3 cm³/mol. The molecule has 0 unspecified atom stereocenters. The normalized spacial score (nSPS) is 15.2. The number of nitrogens with two attached hydrogens (primary N) is 1. The van der Waals surface area contributed by atoms with E-state index in [1.807, 2.05) is 6.08 Å². The number of nitrogen functional groups attached to an aromatic ring is 1. The van der Waals surface area contributed by atoms with E-state index in [4.69, 9.17) is 10.5 Å². The Hall–Kier alpha value is -1.77. The van der Waals surface area contributed by atoms with Crippen molar-refractivity contribution < 1.29 is 9.53 Å². The Morgan fingerprint density at radius 3 is 2.82 bits per heavy atom. The predicted octanol–water partition coefficient (Wildman–Crippen LogP) is 2.96. The number of hydrogen-bond acceptors (Lipinski definition) is 3. The summed E-state index contributed by atoms with van der Waals surface area (Å²) in [5, 5.41) is 0. The summed E-state index contributed by atoms with van der Waals surface area (Å²) in [6.07, 6.45) is 6.14. The van der Waals surface area contributed by atoms with Crippen LogP contribution in [-0.2, 0) is 0 Å². The van der Waals surface area contributed by atoms with Crippen LogP contribution in [0.15, 0.2) is 29.8 Å². The van der Waals surface area contributed by atoms with Crippen molar-refractivity contribution in [3.8, 4) is 5.75 Å². The van der Waals surface area contributed by atoms with Crippen molar-refractivity contribution in [3.05, 3.63) is 35.4 Å². The van der Waals surface area contributed by atoms with Crippen LogP contribution in [0.1, 0.15) is 36.0 Å². The topological polar surface area (TPSA) is 52.3 Å². The molecular weight excluding hydrogens is 214 g/mol. The number of carbonyl (C=O) groups is 1. The van der Waals surface area contributed by atoms with Gasteiger partial charge in [0, 0.05) is 5.69 Å². The van der Waals surface area contributed by atoms with E-state index in [1.165, 1.54) is 6.42 Å². The minimum atomic E-state index is 0.0499. The third-order valence-corrected chi connectivity index (χ3v) is 3.05. The van der Waals surface area contributed by atoms with Crippen molar-refractivity contribution in [3.63, 3.8) is 0 Å². The van der Waals surface area contributed by atoms with Crippen LogP contribution in [0.5, 0.6) is 5.75 Å². The van der Waals surface area contributed by atoms with Gasteiger partial charge in [-0.15, -0.1) is 0 Å². The van der Waals surface area contributed by atoms with Crippen LogP contribution in [-0.4, -0.2) is 12.9 Å². The molecule has 1 aromatic carbocycles. The van der Waals surface area contributed by atoms with E-state index in [2.05, 4.69) is 0 Å². The highest BCUT2D eigenvalue weighted by Crippen LogP contribution is 2.27. The van der Waals surface area contributed by atoms with Crippen LogP contribution >= 0.6 is 0 Å². The number of anilines is 1. The number of rotatable bonds is 3. The first-order chi connectivity index (χ1) is 8.22. The average Bonchev–Trinajstić information content (AvgIpc) is 2.39. The molecule has 0 saturated carbocycles. The van der Waals surface area contributed by atoms with Crippen LogP contribution in [0.4, 0.5) is 5.69 Å². The minimum Gasteiger partial charge on any atom is -0.496 e. The lowest BCUT2D eigenvalue weighted by molar-refractivity contribution is 0.102. The van der Waals surface area contributed by atoms with Gasteiger partial charge in [-0.25, -0.2) is 0 Å². The number of ketones is 1. The van der Waals surface area contributed by atoms with Gasteiger partial charge in [0.2, 0.25) is 0 Å². The van der Waals surface area contributed by atoms with Crippen molar-refractivity contribution in [2.75, 3.05) is 12.8 Å². The molecule has 90 valence electrons. The zero-order chi connectivity index (χ0) is 12.3. The molecule has 0 fully saturated rings. The van der Waals surface area contributed by atoms with Gasteiger partial charge in [-0.1, -0.05) is 6.08 Å².